The van der Waals surface area contributed by atoms with Crippen LogP contribution in [0.4, 0.5) is 22.0 Å². The average molecular weight is 725 g/mol. The van der Waals surface area contributed by atoms with Gasteiger partial charge < -0.3 is 18.9 Å². The SMILES string of the molecule is CC(C)(C)[Si](C)(C)OCCC(CO[Si](C)(C)C(C)(C)C)c1cc(F)c(CNC2CC(Oc3ccc(F)c(C(F)(F)F)c3)C2)c2ccncc12. The number of benzene rings is 2. The van der Waals surface area contributed by atoms with E-state index in [0.29, 0.717) is 44.1 Å². The Hall–Kier alpha value is -2.39. The maximum absolute atomic E-state index is 16.1. The molecule has 1 aromatic heterocycles. The molecule has 2 aromatic carbocycles. The van der Waals surface area contributed by atoms with Crippen LogP contribution in [0, 0.1) is 11.6 Å². The summed E-state index contributed by atoms with van der Waals surface area (Å²) in [5.74, 6) is -1.78. The lowest BCUT2D eigenvalue weighted by Crippen LogP contribution is -2.46. The molecule has 0 amide bonds. The van der Waals surface area contributed by atoms with Crippen LogP contribution in [-0.2, 0) is 21.6 Å². The van der Waals surface area contributed by atoms with Gasteiger partial charge in [0.05, 0.1) is 5.56 Å². The van der Waals surface area contributed by atoms with Crippen LogP contribution in [0.1, 0.15) is 83.4 Å². The highest BCUT2D eigenvalue weighted by atomic mass is 28.4. The van der Waals surface area contributed by atoms with E-state index in [0.717, 1.165) is 22.4 Å². The van der Waals surface area contributed by atoms with Crippen molar-refractivity contribution in [2.75, 3.05) is 13.2 Å². The molecule has 12 heteroatoms. The first kappa shape index (κ1) is 39.4. The molecule has 4 rings (SSSR count). The molecule has 0 bridgehead atoms. The molecule has 1 unspecified atom stereocenters. The standard InChI is InChI=1S/C37H53F5N2O3Si2/c1-35(2,3)48(7,8)45-16-14-24(23-46-49(9,10)36(4,5)6)29-20-34(39)31(28-13-15-43-21-30(28)29)22-44-25-17-27(18-25)47-26-11-12-33(38)32(19-26)37(40,41)42/h11-13,15,19-21,24-25,27,44H,14,16-18,22-23H2,1-10H3. The Kier molecular flexibility index (Phi) is 11.8. The van der Waals surface area contributed by atoms with E-state index in [9.17, 15) is 17.6 Å². The van der Waals surface area contributed by atoms with Crippen molar-refractivity contribution >= 4 is 27.4 Å². The Morgan fingerprint density at radius 2 is 1.49 bits per heavy atom. The van der Waals surface area contributed by atoms with Crippen molar-refractivity contribution in [2.45, 2.75) is 128 Å². The molecule has 1 aliphatic rings. The van der Waals surface area contributed by atoms with Gasteiger partial charge in [0, 0.05) is 55.1 Å². The number of fused-ring (bicyclic) bond motifs is 1. The van der Waals surface area contributed by atoms with Crippen LogP contribution in [0.2, 0.25) is 36.3 Å². The van der Waals surface area contributed by atoms with Crippen molar-refractivity contribution in [3.63, 3.8) is 0 Å². The van der Waals surface area contributed by atoms with Crippen molar-refractivity contribution in [3.05, 3.63) is 71.1 Å². The average Bonchev–Trinajstić information content (AvgIpc) is 2.95. The fourth-order valence-electron chi connectivity index (χ4n) is 5.42. The molecular weight excluding hydrogens is 672 g/mol. The van der Waals surface area contributed by atoms with Crippen molar-refractivity contribution < 1.29 is 35.5 Å². The summed E-state index contributed by atoms with van der Waals surface area (Å²) in [7, 11) is -4.09. The zero-order valence-corrected chi connectivity index (χ0v) is 32.6. The Morgan fingerprint density at radius 1 is 0.857 bits per heavy atom. The maximum Gasteiger partial charge on any atom is 0.419 e. The molecule has 272 valence electrons. The summed E-state index contributed by atoms with van der Waals surface area (Å²) in [5.41, 5.74) is 0.0354. The van der Waals surface area contributed by atoms with Gasteiger partial charge >= 0.3 is 6.18 Å². The number of pyridine rings is 1. The number of nitrogens with one attached hydrogen (secondary N) is 1. The maximum atomic E-state index is 16.1. The molecule has 1 aliphatic carbocycles. The van der Waals surface area contributed by atoms with Crippen molar-refractivity contribution in [3.8, 4) is 5.75 Å². The summed E-state index contributed by atoms with van der Waals surface area (Å²) in [5, 5.41) is 5.14. The number of hydrogen-bond donors (Lipinski definition) is 1. The first-order valence-corrected chi connectivity index (χ1v) is 22.9. The Morgan fingerprint density at radius 3 is 2.10 bits per heavy atom. The van der Waals surface area contributed by atoms with Crippen LogP contribution < -0.4 is 10.1 Å². The first-order valence-electron chi connectivity index (χ1n) is 17.1. The van der Waals surface area contributed by atoms with Gasteiger partial charge in [-0.25, -0.2) is 8.78 Å². The van der Waals surface area contributed by atoms with Gasteiger partial charge in [-0.05, 0) is 96.8 Å². The summed E-state index contributed by atoms with van der Waals surface area (Å²) in [6.07, 6.45) is 0.0745. The van der Waals surface area contributed by atoms with E-state index in [1.807, 2.05) is 6.07 Å². The Labute approximate surface area is 290 Å². The summed E-state index contributed by atoms with van der Waals surface area (Å²) in [6, 6.07) is 6.12. The van der Waals surface area contributed by atoms with Crippen LogP contribution in [0.25, 0.3) is 10.8 Å². The lowest BCUT2D eigenvalue weighted by Gasteiger charge is -2.38. The van der Waals surface area contributed by atoms with Gasteiger partial charge in [0.15, 0.2) is 16.6 Å². The normalized spacial score (nSPS) is 18.4. The second-order valence-corrected chi connectivity index (χ2v) is 26.1. The molecule has 0 radical (unpaired) electrons. The number of hydrogen-bond acceptors (Lipinski definition) is 5. The van der Waals surface area contributed by atoms with Crippen molar-refractivity contribution in [1.82, 2.24) is 10.3 Å². The van der Waals surface area contributed by atoms with E-state index >= 15 is 4.39 Å². The molecule has 3 aromatic rings. The molecule has 5 nitrogen and oxygen atoms in total. The molecule has 1 atom stereocenters. The molecule has 1 N–H and O–H groups in total. The predicted octanol–water partition coefficient (Wildman–Crippen LogP) is 10.7. The summed E-state index contributed by atoms with van der Waals surface area (Å²) >= 11 is 0. The molecule has 0 saturated heterocycles. The number of rotatable bonds is 13. The zero-order chi connectivity index (χ0) is 36.6. The van der Waals surface area contributed by atoms with Gasteiger partial charge in [-0.2, -0.15) is 13.2 Å². The van der Waals surface area contributed by atoms with Gasteiger partial charge in [-0.1, -0.05) is 41.5 Å². The van der Waals surface area contributed by atoms with E-state index in [4.69, 9.17) is 13.6 Å². The lowest BCUT2D eigenvalue weighted by molar-refractivity contribution is -0.140. The molecule has 0 aliphatic heterocycles. The summed E-state index contributed by atoms with van der Waals surface area (Å²) < 4.78 is 88.1. The minimum atomic E-state index is -4.80. The van der Waals surface area contributed by atoms with E-state index in [1.54, 1.807) is 18.5 Å². The Bertz CT molecular complexity index is 1600. The monoisotopic (exact) mass is 724 g/mol. The molecule has 1 heterocycles. The van der Waals surface area contributed by atoms with E-state index < -0.39 is 34.2 Å². The first-order chi connectivity index (χ1) is 22.5. The summed E-state index contributed by atoms with van der Waals surface area (Å²) in [4.78, 5) is 4.42. The minimum Gasteiger partial charge on any atom is -0.490 e. The third-order valence-electron chi connectivity index (χ3n) is 10.9. The topological polar surface area (TPSA) is 52.6 Å². The third kappa shape index (κ3) is 9.49. The van der Waals surface area contributed by atoms with Crippen LogP contribution in [0.5, 0.6) is 5.75 Å². The fourth-order valence-corrected chi connectivity index (χ4v) is 7.54. The highest BCUT2D eigenvalue weighted by molar-refractivity contribution is 6.74. The third-order valence-corrected chi connectivity index (χ3v) is 19.9. The smallest absolute Gasteiger partial charge is 0.419 e. The fraction of sp³-hybridized carbons (Fsp3) is 0.595. The van der Waals surface area contributed by atoms with Crippen LogP contribution in [-0.4, -0.2) is 47.0 Å². The van der Waals surface area contributed by atoms with E-state index in [1.165, 1.54) is 6.07 Å². The number of alkyl halides is 3. The Balaban J connectivity index is 1.50. The van der Waals surface area contributed by atoms with E-state index in [2.05, 4.69) is 78.0 Å². The molecular formula is C37H53F5N2O3Si2. The summed E-state index contributed by atoms with van der Waals surface area (Å²) in [6.45, 7) is 23.5. The quantitative estimate of drug-likeness (QED) is 0.141. The minimum absolute atomic E-state index is 0.0123. The van der Waals surface area contributed by atoms with Gasteiger partial charge in [-0.3, -0.25) is 4.98 Å². The van der Waals surface area contributed by atoms with Gasteiger partial charge in [0.25, 0.3) is 0 Å². The molecule has 0 spiro atoms. The predicted molar refractivity (Wildman–Crippen MR) is 191 cm³/mol. The highest BCUT2D eigenvalue weighted by Gasteiger charge is 2.40. The number of aromatic nitrogens is 1. The van der Waals surface area contributed by atoms with Crippen LogP contribution >= 0.6 is 0 Å². The van der Waals surface area contributed by atoms with Gasteiger partial charge in [0.2, 0.25) is 0 Å². The number of nitrogens with zero attached hydrogens (tertiary/aromatic N) is 1. The van der Waals surface area contributed by atoms with Gasteiger partial charge in [0.1, 0.15) is 23.5 Å². The largest absolute Gasteiger partial charge is 0.490 e. The van der Waals surface area contributed by atoms with E-state index in [-0.39, 0.29) is 46.3 Å². The van der Waals surface area contributed by atoms with Crippen LogP contribution in [0.15, 0.2) is 42.7 Å². The number of ether oxygens (including phenoxy) is 1. The van der Waals surface area contributed by atoms with Crippen LogP contribution in [0.3, 0.4) is 0 Å². The molecule has 49 heavy (non-hydrogen) atoms. The second kappa shape index (κ2) is 14.7. The molecule has 1 saturated carbocycles. The highest BCUT2D eigenvalue weighted by Crippen LogP contribution is 2.41. The number of halogens is 5. The van der Waals surface area contributed by atoms with Crippen molar-refractivity contribution in [2.24, 2.45) is 0 Å². The van der Waals surface area contributed by atoms with Crippen molar-refractivity contribution in [1.29, 1.82) is 0 Å². The second-order valence-electron chi connectivity index (χ2n) is 16.4. The zero-order valence-electron chi connectivity index (χ0n) is 30.6. The lowest BCUT2D eigenvalue weighted by atomic mass is 9.88. The molecule has 1 fully saturated rings. The van der Waals surface area contributed by atoms with Gasteiger partial charge in [-0.15, -0.1) is 0 Å².